The molecule has 2 aliphatic rings. The number of allylic oxidation sites excluding steroid dienone is 4. The Hall–Kier alpha value is -2.07. The first-order chi connectivity index (χ1) is 11.1. The molecule has 23 heavy (non-hydrogen) atoms. The highest BCUT2D eigenvalue weighted by Gasteiger charge is 2.54. The van der Waals surface area contributed by atoms with E-state index in [1.54, 1.807) is 0 Å². The van der Waals surface area contributed by atoms with E-state index in [2.05, 4.69) is 34.1 Å². The van der Waals surface area contributed by atoms with Crippen molar-refractivity contribution in [3.05, 3.63) is 43.7 Å². The van der Waals surface area contributed by atoms with Crippen LogP contribution in [-0.4, -0.2) is 0 Å². The fraction of sp³-hybridized carbons (Fsp3) is 0.353. The first-order valence-electron chi connectivity index (χ1n) is 7.27. The van der Waals surface area contributed by atoms with Crippen molar-refractivity contribution in [3.8, 4) is 18.2 Å². The predicted molar refractivity (Wildman–Crippen MR) is 90.7 cm³/mol. The molecule has 1 aromatic heterocycles. The van der Waals surface area contributed by atoms with Gasteiger partial charge in [0, 0.05) is 10.8 Å². The highest BCUT2D eigenvalue weighted by Crippen LogP contribution is 2.56. The van der Waals surface area contributed by atoms with E-state index < -0.39 is 5.41 Å². The standard InChI is InChI=1S/C17H13BrN4S/c18-14-6-5-13(23-14)15-11-4-2-1-3-10(11)12(7-19)16(22)17(15,8-20)9-21/h3,5-6,11,15H,1-2,4,22H2/t11-,15-/m1/s1. The molecule has 2 atom stereocenters. The second-order valence-electron chi connectivity index (χ2n) is 5.75. The number of rotatable bonds is 1. The number of nitrogens with zero attached hydrogens (tertiary/aromatic N) is 3. The molecule has 3 rings (SSSR count). The molecule has 0 saturated heterocycles. The molecule has 4 nitrogen and oxygen atoms in total. The van der Waals surface area contributed by atoms with E-state index in [-0.39, 0.29) is 17.5 Å². The Morgan fingerprint density at radius 1 is 1.26 bits per heavy atom. The van der Waals surface area contributed by atoms with E-state index in [0.29, 0.717) is 5.57 Å². The van der Waals surface area contributed by atoms with E-state index >= 15 is 0 Å². The van der Waals surface area contributed by atoms with Crippen molar-refractivity contribution in [2.75, 3.05) is 0 Å². The molecule has 114 valence electrons. The van der Waals surface area contributed by atoms with Gasteiger partial charge in [0.1, 0.15) is 6.07 Å². The van der Waals surface area contributed by atoms with Gasteiger partial charge in [-0.3, -0.25) is 0 Å². The molecule has 0 unspecified atom stereocenters. The second kappa shape index (κ2) is 5.85. The lowest BCUT2D eigenvalue weighted by Crippen LogP contribution is -2.42. The van der Waals surface area contributed by atoms with Crippen molar-refractivity contribution in [2.24, 2.45) is 17.1 Å². The van der Waals surface area contributed by atoms with Crippen LogP contribution in [0.5, 0.6) is 0 Å². The van der Waals surface area contributed by atoms with Crippen LogP contribution < -0.4 is 5.73 Å². The van der Waals surface area contributed by atoms with Crippen molar-refractivity contribution < 1.29 is 0 Å². The van der Waals surface area contributed by atoms with Gasteiger partial charge in [-0.05, 0) is 58.8 Å². The highest BCUT2D eigenvalue weighted by atomic mass is 79.9. The molecular weight excluding hydrogens is 372 g/mol. The fourth-order valence-corrected chi connectivity index (χ4v) is 5.33. The Kier molecular flexibility index (Phi) is 4.02. The number of thiophene rings is 1. The molecule has 2 aliphatic carbocycles. The van der Waals surface area contributed by atoms with Gasteiger partial charge in [0.05, 0.1) is 27.2 Å². The maximum Gasteiger partial charge on any atom is 0.192 e. The first kappa shape index (κ1) is 15.8. The summed E-state index contributed by atoms with van der Waals surface area (Å²) in [4.78, 5) is 0.956. The Morgan fingerprint density at radius 2 is 2.00 bits per heavy atom. The van der Waals surface area contributed by atoms with Crippen LogP contribution in [0.15, 0.2) is 38.8 Å². The Labute approximate surface area is 147 Å². The van der Waals surface area contributed by atoms with Gasteiger partial charge in [-0.1, -0.05) is 6.08 Å². The zero-order chi connectivity index (χ0) is 16.6. The molecule has 1 aromatic rings. The van der Waals surface area contributed by atoms with Crippen LogP contribution in [0, 0.1) is 45.3 Å². The quantitative estimate of drug-likeness (QED) is 0.787. The lowest BCUT2D eigenvalue weighted by molar-refractivity contribution is 0.321. The predicted octanol–water partition coefficient (Wildman–Crippen LogP) is 4.10. The van der Waals surface area contributed by atoms with Crippen LogP contribution in [0.2, 0.25) is 0 Å². The maximum absolute atomic E-state index is 9.83. The topological polar surface area (TPSA) is 97.4 Å². The van der Waals surface area contributed by atoms with Crippen molar-refractivity contribution in [2.45, 2.75) is 25.2 Å². The van der Waals surface area contributed by atoms with Crippen molar-refractivity contribution >= 4 is 27.3 Å². The third-order valence-corrected chi connectivity index (χ3v) is 6.41. The summed E-state index contributed by atoms with van der Waals surface area (Å²) in [5.41, 5.74) is 6.04. The molecule has 0 fully saturated rings. The van der Waals surface area contributed by atoms with E-state index in [1.165, 1.54) is 11.3 Å². The summed E-state index contributed by atoms with van der Waals surface area (Å²) < 4.78 is 0.951. The minimum atomic E-state index is -1.49. The summed E-state index contributed by atoms with van der Waals surface area (Å²) in [6.45, 7) is 0. The Balaban J connectivity index is 2.33. The van der Waals surface area contributed by atoms with E-state index in [0.717, 1.165) is 33.5 Å². The van der Waals surface area contributed by atoms with Crippen LogP contribution in [-0.2, 0) is 0 Å². The zero-order valence-electron chi connectivity index (χ0n) is 12.2. The SMILES string of the molecule is N#CC1=C(N)C(C#N)(C#N)[C@@H](c2ccc(Br)s2)[C@@H]2CCCC=C12. The first-order valence-corrected chi connectivity index (χ1v) is 8.88. The number of halogens is 1. The van der Waals surface area contributed by atoms with Gasteiger partial charge in [0.25, 0.3) is 0 Å². The number of nitriles is 3. The van der Waals surface area contributed by atoms with E-state index in [4.69, 9.17) is 5.73 Å². The van der Waals surface area contributed by atoms with Crippen LogP contribution in [0.3, 0.4) is 0 Å². The smallest absolute Gasteiger partial charge is 0.192 e. The summed E-state index contributed by atoms with van der Waals surface area (Å²) in [7, 11) is 0. The summed E-state index contributed by atoms with van der Waals surface area (Å²) in [6.07, 6.45) is 4.80. The maximum atomic E-state index is 9.83. The summed E-state index contributed by atoms with van der Waals surface area (Å²) >= 11 is 4.97. The monoisotopic (exact) mass is 384 g/mol. The molecule has 0 bridgehead atoms. The third-order valence-electron chi connectivity index (χ3n) is 4.70. The molecule has 0 aliphatic heterocycles. The molecular formula is C17H13BrN4S. The largest absolute Gasteiger partial charge is 0.399 e. The zero-order valence-corrected chi connectivity index (χ0v) is 14.6. The number of hydrogen-bond acceptors (Lipinski definition) is 5. The van der Waals surface area contributed by atoms with Crippen LogP contribution in [0.25, 0.3) is 0 Å². The minimum absolute atomic E-state index is 0.0180. The Bertz CT molecular complexity index is 829. The van der Waals surface area contributed by atoms with Gasteiger partial charge >= 0.3 is 0 Å². The number of fused-ring (bicyclic) bond motifs is 1. The lowest BCUT2D eigenvalue weighted by Gasteiger charge is -2.42. The molecule has 6 heteroatoms. The number of nitrogens with two attached hydrogens (primary N) is 1. The number of hydrogen-bond donors (Lipinski definition) is 1. The van der Waals surface area contributed by atoms with Gasteiger partial charge in [-0.25, -0.2) is 0 Å². The van der Waals surface area contributed by atoms with E-state index in [1.807, 2.05) is 18.2 Å². The minimum Gasteiger partial charge on any atom is -0.399 e. The molecule has 0 spiro atoms. The van der Waals surface area contributed by atoms with Crippen LogP contribution in [0.4, 0.5) is 0 Å². The normalized spacial score (nSPS) is 25.6. The van der Waals surface area contributed by atoms with Crippen molar-refractivity contribution in [1.29, 1.82) is 15.8 Å². The fourth-order valence-electron chi connectivity index (χ4n) is 3.67. The summed E-state index contributed by atoms with van der Waals surface area (Å²) in [6, 6.07) is 10.3. The molecule has 0 amide bonds. The van der Waals surface area contributed by atoms with Crippen molar-refractivity contribution in [3.63, 3.8) is 0 Å². The average Bonchev–Trinajstić information content (AvgIpc) is 3.00. The summed E-state index contributed by atoms with van der Waals surface area (Å²) in [5.74, 6) is -0.354. The molecule has 0 saturated carbocycles. The van der Waals surface area contributed by atoms with Crippen LogP contribution >= 0.6 is 27.3 Å². The third kappa shape index (κ3) is 2.20. The molecule has 2 N–H and O–H groups in total. The van der Waals surface area contributed by atoms with Gasteiger partial charge in [-0.15, -0.1) is 11.3 Å². The van der Waals surface area contributed by atoms with Crippen molar-refractivity contribution in [1.82, 2.24) is 0 Å². The lowest BCUT2D eigenvalue weighted by atomic mass is 9.58. The summed E-state index contributed by atoms with van der Waals surface area (Å²) in [5, 5.41) is 29.2. The molecule has 0 radical (unpaired) electrons. The van der Waals surface area contributed by atoms with Gasteiger partial charge < -0.3 is 5.73 Å². The highest BCUT2D eigenvalue weighted by molar-refractivity contribution is 9.11. The average molecular weight is 385 g/mol. The molecule has 1 heterocycles. The molecule has 0 aromatic carbocycles. The van der Waals surface area contributed by atoms with E-state index in [9.17, 15) is 15.8 Å². The second-order valence-corrected chi connectivity index (χ2v) is 8.24. The van der Waals surface area contributed by atoms with Gasteiger partial charge in [0.15, 0.2) is 5.41 Å². The van der Waals surface area contributed by atoms with Crippen LogP contribution in [0.1, 0.15) is 30.1 Å². The van der Waals surface area contributed by atoms with Gasteiger partial charge in [-0.2, -0.15) is 15.8 Å². The van der Waals surface area contributed by atoms with Gasteiger partial charge in [0.2, 0.25) is 0 Å². The Morgan fingerprint density at radius 3 is 2.57 bits per heavy atom.